The molecule has 1 unspecified atom stereocenters. The van der Waals surface area contributed by atoms with Crippen LogP contribution in [0.4, 0.5) is 21.5 Å². The van der Waals surface area contributed by atoms with Crippen molar-refractivity contribution in [1.29, 1.82) is 0 Å². The van der Waals surface area contributed by atoms with Gasteiger partial charge < -0.3 is 15.5 Å². The van der Waals surface area contributed by atoms with Crippen LogP contribution >= 0.6 is 0 Å². The van der Waals surface area contributed by atoms with Crippen LogP contribution in [0.25, 0.3) is 5.57 Å². The molecule has 2 N–H and O–H groups in total. The molecule has 1 fully saturated rings. The van der Waals surface area contributed by atoms with E-state index in [0.717, 1.165) is 31.9 Å². The number of halogens is 1. The van der Waals surface area contributed by atoms with Gasteiger partial charge in [0.15, 0.2) is 0 Å². The van der Waals surface area contributed by atoms with Crippen LogP contribution < -0.4 is 15.5 Å². The van der Waals surface area contributed by atoms with Crippen LogP contribution in [-0.4, -0.2) is 43.0 Å². The Morgan fingerprint density at radius 2 is 1.86 bits per heavy atom. The number of rotatable bonds is 5. The topological polar surface area (TPSA) is 47.6 Å². The van der Waals surface area contributed by atoms with E-state index < -0.39 is 0 Å². The Morgan fingerprint density at radius 1 is 1.14 bits per heavy atom. The molecule has 1 atom stereocenters. The van der Waals surface area contributed by atoms with Crippen LogP contribution in [-0.2, 0) is 4.79 Å². The summed E-state index contributed by atoms with van der Waals surface area (Å²) >= 11 is 0. The first-order valence-electron chi connectivity index (χ1n) is 10.2. The maximum absolute atomic E-state index is 13.3. The fraction of sp³-hybridized carbons (Fsp3) is 0.348. The first-order valence-corrected chi connectivity index (χ1v) is 10.2. The van der Waals surface area contributed by atoms with Crippen LogP contribution in [0, 0.1) is 5.82 Å². The first kappa shape index (κ1) is 19.5. The van der Waals surface area contributed by atoms with Crippen LogP contribution in [0.5, 0.6) is 0 Å². The van der Waals surface area contributed by atoms with Gasteiger partial charge in [-0.25, -0.2) is 4.39 Å². The molecule has 0 radical (unpaired) electrons. The number of carbonyl (C=O) groups excluding carboxylic acids is 1. The third-order valence-corrected chi connectivity index (χ3v) is 5.91. The third kappa shape index (κ3) is 4.12. The Bertz CT molecular complexity index is 917. The van der Waals surface area contributed by atoms with Gasteiger partial charge in [0.25, 0.3) is 5.91 Å². The van der Waals surface area contributed by atoms with Crippen molar-refractivity contribution < 1.29 is 9.18 Å². The zero-order chi connectivity index (χ0) is 20.4. The van der Waals surface area contributed by atoms with E-state index in [1.165, 1.54) is 24.2 Å². The number of nitrogens with zero attached hydrogens (tertiary/aromatic N) is 2. The molecule has 0 aromatic heterocycles. The Hall–Kier alpha value is -2.86. The van der Waals surface area contributed by atoms with Crippen LogP contribution in [0.15, 0.2) is 48.7 Å². The van der Waals surface area contributed by atoms with Gasteiger partial charge in [-0.05, 0) is 55.8 Å². The number of nitrogens with one attached hydrogen (secondary N) is 2. The fourth-order valence-electron chi connectivity index (χ4n) is 3.91. The summed E-state index contributed by atoms with van der Waals surface area (Å²) in [5, 5.41) is 5.88. The summed E-state index contributed by atoms with van der Waals surface area (Å²) < 4.78 is 13.3. The molecule has 2 aliphatic rings. The van der Waals surface area contributed by atoms with Crippen LogP contribution in [0.2, 0.25) is 0 Å². The van der Waals surface area contributed by atoms with Crippen molar-refractivity contribution in [2.24, 2.45) is 0 Å². The minimum Gasteiger partial charge on any atom is -0.369 e. The zero-order valence-electron chi connectivity index (χ0n) is 16.9. The average Bonchev–Trinajstić information content (AvgIpc) is 3.06. The molecule has 29 heavy (non-hydrogen) atoms. The van der Waals surface area contributed by atoms with E-state index in [9.17, 15) is 9.18 Å². The molecule has 5 nitrogen and oxygen atoms in total. The number of amides is 1. The molecule has 0 spiro atoms. The summed E-state index contributed by atoms with van der Waals surface area (Å²) in [7, 11) is 0. The van der Waals surface area contributed by atoms with E-state index in [1.807, 2.05) is 12.1 Å². The number of carbonyl (C=O) groups is 1. The largest absolute Gasteiger partial charge is 0.369 e. The predicted molar refractivity (Wildman–Crippen MR) is 117 cm³/mol. The summed E-state index contributed by atoms with van der Waals surface area (Å²) in [6.07, 6.45) is 2.87. The smallest absolute Gasteiger partial charge is 0.257 e. The highest BCUT2D eigenvalue weighted by atomic mass is 19.1. The number of hydrogen-bond acceptors (Lipinski definition) is 4. The SMILES string of the molecule is CCC(C)N1CCN(c2ccc(NC=C3C(=O)Nc4cc(F)ccc43)cc2)CC1. The van der Waals surface area contributed by atoms with E-state index in [0.29, 0.717) is 22.9 Å². The highest BCUT2D eigenvalue weighted by Crippen LogP contribution is 2.32. The van der Waals surface area contributed by atoms with Crippen molar-refractivity contribution in [2.45, 2.75) is 26.3 Å². The molecule has 4 rings (SSSR count). The van der Waals surface area contributed by atoms with E-state index in [1.54, 1.807) is 12.3 Å². The van der Waals surface area contributed by atoms with Gasteiger partial charge in [0.2, 0.25) is 0 Å². The standard InChI is InChI=1S/C23H27FN4O/c1-3-16(2)27-10-12-28(13-11-27)19-7-5-18(6-8-19)25-15-21-20-9-4-17(24)14-22(20)26-23(21)29/h4-9,14-16,25H,3,10-13H2,1-2H3,(H,26,29). The van der Waals surface area contributed by atoms with Gasteiger partial charge in [-0.3, -0.25) is 9.69 Å². The lowest BCUT2D eigenvalue weighted by Crippen LogP contribution is -2.49. The molecule has 2 heterocycles. The molecule has 0 aliphatic carbocycles. The predicted octanol–water partition coefficient (Wildman–Crippen LogP) is 4.15. The van der Waals surface area contributed by atoms with Crippen LogP contribution in [0.3, 0.4) is 0 Å². The van der Waals surface area contributed by atoms with Gasteiger partial charge in [0.05, 0.1) is 11.3 Å². The number of fused-ring (bicyclic) bond motifs is 1. The minimum atomic E-state index is -0.362. The van der Waals surface area contributed by atoms with Gasteiger partial charge in [0.1, 0.15) is 5.82 Å². The van der Waals surface area contributed by atoms with Crippen molar-refractivity contribution in [3.63, 3.8) is 0 Å². The quantitative estimate of drug-likeness (QED) is 0.748. The number of anilines is 3. The monoisotopic (exact) mass is 394 g/mol. The van der Waals surface area contributed by atoms with Gasteiger partial charge >= 0.3 is 0 Å². The molecule has 6 heteroatoms. The highest BCUT2D eigenvalue weighted by Gasteiger charge is 2.24. The summed E-state index contributed by atoms with van der Waals surface area (Å²) in [5.74, 6) is -0.590. The summed E-state index contributed by atoms with van der Waals surface area (Å²) in [6, 6.07) is 13.2. The maximum atomic E-state index is 13.3. The normalized spacial score (nSPS) is 19.2. The highest BCUT2D eigenvalue weighted by molar-refractivity contribution is 6.31. The maximum Gasteiger partial charge on any atom is 0.257 e. The molecular weight excluding hydrogens is 367 g/mol. The second kappa shape index (κ2) is 8.25. The van der Waals surface area contributed by atoms with Crippen molar-refractivity contribution in [3.05, 3.63) is 60.0 Å². The molecule has 2 aromatic carbocycles. The van der Waals surface area contributed by atoms with Gasteiger partial charge in [0, 0.05) is 55.4 Å². The van der Waals surface area contributed by atoms with Gasteiger partial charge in [-0.2, -0.15) is 0 Å². The Labute approximate surface area is 171 Å². The lowest BCUT2D eigenvalue weighted by Gasteiger charge is -2.39. The van der Waals surface area contributed by atoms with Crippen molar-refractivity contribution in [2.75, 3.05) is 41.7 Å². The molecule has 1 saturated heterocycles. The molecular formula is C23H27FN4O. The fourth-order valence-corrected chi connectivity index (χ4v) is 3.91. The molecule has 2 aromatic rings. The van der Waals surface area contributed by atoms with Crippen molar-refractivity contribution >= 4 is 28.5 Å². The van der Waals surface area contributed by atoms with E-state index >= 15 is 0 Å². The molecule has 2 aliphatic heterocycles. The van der Waals surface area contributed by atoms with E-state index in [4.69, 9.17) is 0 Å². The summed E-state index contributed by atoms with van der Waals surface area (Å²) in [4.78, 5) is 17.1. The Kier molecular flexibility index (Phi) is 5.53. The van der Waals surface area contributed by atoms with Crippen LogP contribution in [0.1, 0.15) is 25.8 Å². The van der Waals surface area contributed by atoms with Gasteiger partial charge in [-0.15, -0.1) is 0 Å². The molecule has 152 valence electrons. The molecule has 1 amide bonds. The van der Waals surface area contributed by atoms with E-state index in [-0.39, 0.29) is 11.7 Å². The molecule has 0 saturated carbocycles. The minimum absolute atomic E-state index is 0.228. The third-order valence-electron chi connectivity index (χ3n) is 5.91. The first-order chi connectivity index (χ1) is 14.0. The second-order valence-corrected chi connectivity index (χ2v) is 7.67. The zero-order valence-corrected chi connectivity index (χ0v) is 16.9. The Morgan fingerprint density at radius 3 is 2.55 bits per heavy atom. The van der Waals surface area contributed by atoms with Gasteiger partial charge in [-0.1, -0.05) is 6.92 Å². The second-order valence-electron chi connectivity index (χ2n) is 7.67. The van der Waals surface area contributed by atoms with E-state index in [2.05, 4.69) is 46.4 Å². The van der Waals surface area contributed by atoms with Crippen molar-refractivity contribution in [1.82, 2.24) is 4.90 Å². The number of piperazine rings is 1. The summed E-state index contributed by atoms with van der Waals surface area (Å²) in [6.45, 7) is 8.80. The Balaban J connectivity index is 1.40. The number of benzene rings is 2. The number of hydrogen-bond donors (Lipinski definition) is 2. The summed E-state index contributed by atoms with van der Waals surface area (Å²) in [5.41, 5.74) is 3.84. The average molecular weight is 394 g/mol. The molecule has 0 bridgehead atoms. The lowest BCUT2D eigenvalue weighted by molar-refractivity contribution is -0.110. The lowest BCUT2D eigenvalue weighted by atomic mass is 10.1. The van der Waals surface area contributed by atoms with Crippen molar-refractivity contribution in [3.8, 4) is 0 Å².